The molecule has 2 N–H and O–H groups in total. The lowest BCUT2D eigenvalue weighted by atomic mass is 10.1. The summed E-state index contributed by atoms with van der Waals surface area (Å²) in [4.78, 5) is 0. The fourth-order valence-electron chi connectivity index (χ4n) is 1.86. The molecule has 1 atom stereocenters. The Labute approximate surface area is 113 Å². The molecule has 0 aliphatic carbocycles. The van der Waals surface area contributed by atoms with E-state index in [-0.39, 0.29) is 6.04 Å². The van der Waals surface area contributed by atoms with Gasteiger partial charge in [-0.2, -0.15) is 0 Å². The predicted molar refractivity (Wildman–Crippen MR) is 75.6 cm³/mol. The first-order valence-electron chi connectivity index (χ1n) is 6.51. The molecule has 1 unspecified atom stereocenters. The number of aryl methyl sites for hydroxylation is 1. The molecule has 5 heteroatoms. The van der Waals surface area contributed by atoms with Crippen LogP contribution in [0.25, 0.3) is 0 Å². The lowest BCUT2D eigenvalue weighted by Crippen LogP contribution is -2.17. The van der Waals surface area contributed by atoms with Crippen molar-refractivity contribution in [3.63, 3.8) is 0 Å². The SMILES string of the molecule is CCNC(C)c1nnc(Nc2cccc(C)c2C)o1. The van der Waals surface area contributed by atoms with Gasteiger partial charge in [-0.15, -0.1) is 5.10 Å². The monoisotopic (exact) mass is 260 g/mol. The molecule has 0 amide bonds. The number of nitrogens with zero attached hydrogens (tertiary/aromatic N) is 2. The Bertz CT molecular complexity index is 550. The van der Waals surface area contributed by atoms with Crippen molar-refractivity contribution in [2.75, 3.05) is 11.9 Å². The Morgan fingerprint density at radius 2 is 2.05 bits per heavy atom. The molecular formula is C14H20N4O. The highest BCUT2D eigenvalue weighted by molar-refractivity contribution is 5.59. The first kappa shape index (κ1) is 13.5. The zero-order valence-corrected chi connectivity index (χ0v) is 11.8. The van der Waals surface area contributed by atoms with Gasteiger partial charge in [-0.25, -0.2) is 0 Å². The Morgan fingerprint density at radius 1 is 1.26 bits per heavy atom. The van der Waals surface area contributed by atoms with Crippen molar-refractivity contribution in [1.29, 1.82) is 0 Å². The van der Waals surface area contributed by atoms with E-state index >= 15 is 0 Å². The van der Waals surface area contributed by atoms with Gasteiger partial charge < -0.3 is 15.1 Å². The van der Waals surface area contributed by atoms with Gasteiger partial charge in [0.2, 0.25) is 5.89 Å². The van der Waals surface area contributed by atoms with Crippen molar-refractivity contribution in [3.05, 3.63) is 35.2 Å². The minimum atomic E-state index is 0.0617. The van der Waals surface area contributed by atoms with Crippen LogP contribution in [0.4, 0.5) is 11.7 Å². The summed E-state index contributed by atoms with van der Waals surface area (Å²) in [5, 5.41) is 14.5. The van der Waals surface area contributed by atoms with Crippen LogP contribution in [-0.4, -0.2) is 16.7 Å². The van der Waals surface area contributed by atoms with Crippen molar-refractivity contribution in [3.8, 4) is 0 Å². The van der Waals surface area contributed by atoms with Crippen LogP contribution in [0.1, 0.15) is 36.9 Å². The van der Waals surface area contributed by atoms with E-state index in [1.807, 2.05) is 26.0 Å². The molecule has 0 fully saturated rings. The highest BCUT2D eigenvalue weighted by Crippen LogP contribution is 2.23. The molecule has 0 radical (unpaired) electrons. The van der Waals surface area contributed by atoms with Gasteiger partial charge in [-0.05, 0) is 44.5 Å². The molecule has 1 heterocycles. The lowest BCUT2D eigenvalue weighted by molar-refractivity contribution is 0.430. The van der Waals surface area contributed by atoms with Crippen molar-refractivity contribution in [2.24, 2.45) is 0 Å². The van der Waals surface area contributed by atoms with Gasteiger partial charge in [0.15, 0.2) is 0 Å². The lowest BCUT2D eigenvalue weighted by Gasteiger charge is -2.08. The smallest absolute Gasteiger partial charge is 0.320 e. The van der Waals surface area contributed by atoms with E-state index in [0.29, 0.717) is 11.9 Å². The fourth-order valence-corrected chi connectivity index (χ4v) is 1.86. The summed E-state index contributed by atoms with van der Waals surface area (Å²) in [6.45, 7) is 9.05. The van der Waals surface area contributed by atoms with E-state index in [9.17, 15) is 0 Å². The highest BCUT2D eigenvalue weighted by atomic mass is 16.4. The molecule has 0 saturated carbocycles. The van der Waals surface area contributed by atoms with E-state index < -0.39 is 0 Å². The Kier molecular flexibility index (Phi) is 4.16. The van der Waals surface area contributed by atoms with E-state index in [1.165, 1.54) is 11.1 Å². The van der Waals surface area contributed by atoms with Crippen LogP contribution in [0.2, 0.25) is 0 Å². The van der Waals surface area contributed by atoms with Crippen LogP contribution in [-0.2, 0) is 0 Å². The van der Waals surface area contributed by atoms with Gasteiger partial charge in [0.25, 0.3) is 0 Å². The van der Waals surface area contributed by atoms with Gasteiger partial charge in [0.05, 0.1) is 6.04 Å². The van der Waals surface area contributed by atoms with Gasteiger partial charge in [0, 0.05) is 5.69 Å². The van der Waals surface area contributed by atoms with Gasteiger partial charge >= 0.3 is 6.01 Å². The van der Waals surface area contributed by atoms with E-state index in [1.54, 1.807) is 0 Å². The maximum atomic E-state index is 5.60. The summed E-state index contributed by atoms with van der Waals surface area (Å²) < 4.78 is 5.60. The molecular weight excluding hydrogens is 240 g/mol. The summed E-state index contributed by atoms with van der Waals surface area (Å²) >= 11 is 0. The van der Waals surface area contributed by atoms with Gasteiger partial charge in [-0.3, -0.25) is 0 Å². The number of hydrogen-bond donors (Lipinski definition) is 2. The first-order valence-corrected chi connectivity index (χ1v) is 6.51. The van der Waals surface area contributed by atoms with E-state index in [4.69, 9.17) is 4.42 Å². The number of nitrogens with one attached hydrogen (secondary N) is 2. The average Bonchev–Trinajstić information content (AvgIpc) is 2.84. The third kappa shape index (κ3) is 3.12. The molecule has 2 rings (SSSR count). The van der Waals surface area contributed by atoms with Crippen LogP contribution in [0.3, 0.4) is 0 Å². The second kappa shape index (κ2) is 5.84. The number of rotatable bonds is 5. The number of aromatic nitrogens is 2. The molecule has 0 aliphatic heterocycles. The standard InChI is InChI=1S/C14H20N4O/c1-5-15-11(4)13-17-18-14(19-13)16-12-8-6-7-9(2)10(12)3/h6-8,11,15H,5H2,1-4H3,(H,16,18). The van der Waals surface area contributed by atoms with Gasteiger partial charge in [0.1, 0.15) is 0 Å². The second-order valence-electron chi connectivity index (χ2n) is 4.60. The summed E-state index contributed by atoms with van der Waals surface area (Å²) in [5.41, 5.74) is 3.40. The summed E-state index contributed by atoms with van der Waals surface area (Å²) in [5.74, 6) is 0.592. The zero-order valence-electron chi connectivity index (χ0n) is 11.8. The Morgan fingerprint density at radius 3 is 2.79 bits per heavy atom. The van der Waals surface area contributed by atoms with E-state index in [2.05, 4.69) is 40.7 Å². The molecule has 0 aliphatic rings. The van der Waals surface area contributed by atoms with Crippen LogP contribution >= 0.6 is 0 Å². The normalized spacial score (nSPS) is 12.4. The highest BCUT2D eigenvalue weighted by Gasteiger charge is 2.13. The summed E-state index contributed by atoms with van der Waals surface area (Å²) in [7, 11) is 0. The van der Waals surface area contributed by atoms with E-state index in [0.717, 1.165) is 12.2 Å². The maximum absolute atomic E-state index is 5.60. The Balaban J connectivity index is 2.14. The van der Waals surface area contributed by atoms with Gasteiger partial charge in [-0.1, -0.05) is 24.2 Å². The molecule has 0 saturated heterocycles. The van der Waals surface area contributed by atoms with Crippen LogP contribution < -0.4 is 10.6 Å². The average molecular weight is 260 g/mol. The third-order valence-electron chi connectivity index (χ3n) is 3.17. The largest absolute Gasteiger partial charge is 0.406 e. The van der Waals surface area contributed by atoms with Crippen molar-refractivity contribution in [2.45, 2.75) is 33.7 Å². The number of anilines is 2. The van der Waals surface area contributed by atoms with Crippen molar-refractivity contribution in [1.82, 2.24) is 15.5 Å². The minimum Gasteiger partial charge on any atom is -0.406 e. The predicted octanol–water partition coefficient (Wildman–Crippen LogP) is 3.10. The summed E-state index contributed by atoms with van der Waals surface area (Å²) in [6, 6.07) is 6.57. The van der Waals surface area contributed by atoms with Crippen molar-refractivity contribution >= 4 is 11.7 Å². The molecule has 2 aromatic rings. The van der Waals surface area contributed by atoms with Crippen LogP contribution in [0.5, 0.6) is 0 Å². The molecule has 1 aromatic carbocycles. The second-order valence-corrected chi connectivity index (χ2v) is 4.60. The third-order valence-corrected chi connectivity index (χ3v) is 3.17. The number of hydrogen-bond acceptors (Lipinski definition) is 5. The molecule has 0 spiro atoms. The Hall–Kier alpha value is -1.88. The molecule has 102 valence electrons. The topological polar surface area (TPSA) is 63.0 Å². The minimum absolute atomic E-state index is 0.0617. The quantitative estimate of drug-likeness (QED) is 0.865. The fraction of sp³-hybridized carbons (Fsp3) is 0.429. The first-order chi connectivity index (χ1) is 9.11. The van der Waals surface area contributed by atoms with Crippen LogP contribution in [0, 0.1) is 13.8 Å². The van der Waals surface area contributed by atoms with Crippen molar-refractivity contribution < 1.29 is 4.42 Å². The molecule has 0 bridgehead atoms. The molecule has 1 aromatic heterocycles. The number of benzene rings is 1. The molecule has 19 heavy (non-hydrogen) atoms. The maximum Gasteiger partial charge on any atom is 0.320 e. The summed E-state index contributed by atoms with van der Waals surface area (Å²) in [6.07, 6.45) is 0. The van der Waals surface area contributed by atoms with Crippen LogP contribution in [0.15, 0.2) is 22.6 Å². The zero-order chi connectivity index (χ0) is 13.8. The molecule has 5 nitrogen and oxygen atoms in total.